The summed E-state index contributed by atoms with van der Waals surface area (Å²) >= 11 is 5.87. The fraction of sp³-hybridized carbons (Fsp3) is 0.167. The summed E-state index contributed by atoms with van der Waals surface area (Å²) in [6.45, 7) is 2.14. The third kappa shape index (κ3) is 1.79. The number of fused-ring (bicyclic) bond motifs is 2. The zero-order valence-corrected chi connectivity index (χ0v) is 12.8. The Morgan fingerprint density at radius 2 is 1.59 bits per heavy atom. The summed E-state index contributed by atoms with van der Waals surface area (Å²) in [5.41, 5.74) is 2.55. The summed E-state index contributed by atoms with van der Waals surface area (Å²) in [6.07, 6.45) is 0. The molecule has 0 saturated carbocycles. The second-order valence-electron chi connectivity index (χ2n) is 5.53. The van der Waals surface area contributed by atoms with E-state index in [0.717, 1.165) is 28.3 Å². The zero-order valence-electron chi connectivity index (χ0n) is 12.0. The lowest BCUT2D eigenvalue weighted by atomic mass is 9.71. The molecule has 0 radical (unpaired) electrons. The van der Waals surface area contributed by atoms with Crippen LogP contribution in [0.15, 0.2) is 59.1 Å². The van der Waals surface area contributed by atoms with E-state index in [1.165, 1.54) is 0 Å². The number of alkyl halides is 1. The van der Waals surface area contributed by atoms with Gasteiger partial charge in [-0.15, -0.1) is 11.6 Å². The average molecular weight is 312 g/mol. The number of benzene rings is 2. The first kappa shape index (κ1) is 13.4. The molecule has 1 aliphatic rings. The lowest BCUT2D eigenvalue weighted by Gasteiger charge is -2.35. The summed E-state index contributed by atoms with van der Waals surface area (Å²) < 4.78 is 11.4. The molecule has 0 saturated heterocycles. The lowest BCUT2D eigenvalue weighted by Crippen LogP contribution is -2.29. The van der Waals surface area contributed by atoms with Crippen molar-refractivity contribution < 1.29 is 9.26 Å². The van der Waals surface area contributed by atoms with E-state index in [4.69, 9.17) is 20.9 Å². The van der Waals surface area contributed by atoms with Crippen LogP contribution < -0.4 is 4.74 Å². The highest BCUT2D eigenvalue weighted by atomic mass is 35.5. The number of halogens is 1. The van der Waals surface area contributed by atoms with Gasteiger partial charge in [0.15, 0.2) is 5.76 Å². The Labute approximate surface area is 133 Å². The van der Waals surface area contributed by atoms with Gasteiger partial charge in [-0.2, -0.15) is 0 Å². The molecule has 4 heteroatoms. The molecular formula is C18H14ClNO2. The van der Waals surface area contributed by atoms with Crippen LogP contribution in [0.1, 0.15) is 29.5 Å². The number of nitrogens with zero attached hydrogens (tertiary/aromatic N) is 1. The van der Waals surface area contributed by atoms with Gasteiger partial charge in [-0.05, 0) is 19.1 Å². The van der Waals surface area contributed by atoms with E-state index in [9.17, 15) is 0 Å². The SMILES string of the molecule is CC1(c2cc(CCl)on2)c2ccccc2Oc2ccccc21. The highest BCUT2D eigenvalue weighted by Gasteiger charge is 2.41. The predicted octanol–water partition coefficient (Wildman–Crippen LogP) is 4.87. The molecule has 3 nitrogen and oxygen atoms in total. The number of hydrogen-bond acceptors (Lipinski definition) is 3. The summed E-state index contributed by atoms with van der Waals surface area (Å²) in [5, 5.41) is 4.27. The van der Waals surface area contributed by atoms with Gasteiger partial charge in [0.05, 0.1) is 17.0 Å². The molecule has 2 heterocycles. The molecule has 0 N–H and O–H groups in total. The van der Waals surface area contributed by atoms with Gasteiger partial charge >= 0.3 is 0 Å². The van der Waals surface area contributed by atoms with Gasteiger partial charge in [-0.3, -0.25) is 0 Å². The van der Waals surface area contributed by atoms with Crippen molar-refractivity contribution in [1.82, 2.24) is 5.16 Å². The normalized spacial score (nSPS) is 14.8. The van der Waals surface area contributed by atoms with Crippen molar-refractivity contribution in [2.45, 2.75) is 18.2 Å². The number of hydrogen-bond donors (Lipinski definition) is 0. The van der Waals surface area contributed by atoms with Crippen LogP contribution in [-0.2, 0) is 11.3 Å². The van der Waals surface area contributed by atoms with Crippen molar-refractivity contribution >= 4 is 11.6 Å². The Bertz CT molecular complexity index is 795. The topological polar surface area (TPSA) is 35.3 Å². The van der Waals surface area contributed by atoms with E-state index in [1.807, 2.05) is 42.5 Å². The molecular weight excluding hydrogens is 298 g/mol. The van der Waals surface area contributed by atoms with Crippen molar-refractivity contribution in [1.29, 1.82) is 0 Å². The molecule has 0 spiro atoms. The van der Waals surface area contributed by atoms with Crippen molar-refractivity contribution in [2.24, 2.45) is 0 Å². The molecule has 1 aromatic heterocycles. The predicted molar refractivity (Wildman–Crippen MR) is 84.6 cm³/mol. The minimum absolute atomic E-state index is 0.308. The molecule has 22 heavy (non-hydrogen) atoms. The minimum Gasteiger partial charge on any atom is -0.457 e. The molecule has 0 bridgehead atoms. The van der Waals surface area contributed by atoms with E-state index < -0.39 is 5.41 Å². The van der Waals surface area contributed by atoms with E-state index in [0.29, 0.717) is 11.6 Å². The molecule has 3 aromatic rings. The Kier molecular flexibility index (Phi) is 2.98. The van der Waals surface area contributed by atoms with E-state index in [-0.39, 0.29) is 0 Å². The standard InChI is InChI=1S/C18H14ClNO2/c1-18(17-10-12(11-19)22-20-17)13-6-2-4-8-15(13)21-16-9-5-3-7-14(16)18/h2-10H,11H2,1H3. The van der Waals surface area contributed by atoms with Gasteiger partial charge in [0.1, 0.15) is 11.5 Å². The smallest absolute Gasteiger partial charge is 0.151 e. The Morgan fingerprint density at radius 1 is 1.00 bits per heavy atom. The van der Waals surface area contributed by atoms with E-state index in [2.05, 4.69) is 24.2 Å². The summed E-state index contributed by atoms with van der Waals surface area (Å²) in [6, 6.07) is 18.0. The molecule has 0 fully saturated rings. The van der Waals surface area contributed by atoms with E-state index >= 15 is 0 Å². The third-order valence-corrected chi connectivity index (χ3v) is 4.54. The van der Waals surface area contributed by atoms with Gasteiger partial charge in [0.25, 0.3) is 0 Å². The number of rotatable bonds is 2. The quantitative estimate of drug-likeness (QED) is 0.633. The summed E-state index contributed by atoms with van der Waals surface area (Å²) in [5.74, 6) is 2.67. The fourth-order valence-corrected chi connectivity index (χ4v) is 3.21. The van der Waals surface area contributed by atoms with Crippen molar-refractivity contribution in [3.63, 3.8) is 0 Å². The van der Waals surface area contributed by atoms with Crippen LogP contribution in [0.3, 0.4) is 0 Å². The van der Waals surface area contributed by atoms with Gasteiger partial charge in [-0.25, -0.2) is 0 Å². The maximum atomic E-state index is 6.04. The Hall–Kier alpha value is -2.26. The molecule has 0 atom stereocenters. The average Bonchev–Trinajstić information content (AvgIpc) is 3.05. The first-order valence-electron chi connectivity index (χ1n) is 7.12. The van der Waals surface area contributed by atoms with Gasteiger partial charge < -0.3 is 9.26 Å². The molecule has 2 aromatic carbocycles. The third-order valence-electron chi connectivity index (χ3n) is 4.27. The first-order valence-corrected chi connectivity index (χ1v) is 7.66. The van der Waals surface area contributed by atoms with Gasteiger partial charge in [-0.1, -0.05) is 41.6 Å². The fourth-order valence-electron chi connectivity index (χ4n) is 3.09. The Balaban J connectivity index is 2.01. The van der Waals surface area contributed by atoms with Crippen LogP contribution in [0.5, 0.6) is 11.5 Å². The lowest BCUT2D eigenvalue weighted by molar-refractivity contribution is 0.370. The molecule has 0 unspecified atom stereocenters. The first-order chi connectivity index (χ1) is 10.7. The molecule has 1 aliphatic heterocycles. The molecule has 110 valence electrons. The number of ether oxygens (including phenoxy) is 1. The van der Waals surface area contributed by atoms with Crippen molar-refractivity contribution in [3.8, 4) is 11.5 Å². The van der Waals surface area contributed by atoms with Crippen LogP contribution >= 0.6 is 11.6 Å². The molecule has 0 amide bonds. The van der Waals surface area contributed by atoms with E-state index in [1.54, 1.807) is 0 Å². The highest BCUT2D eigenvalue weighted by molar-refractivity contribution is 6.16. The van der Waals surface area contributed by atoms with Crippen LogP contribution in [0, 0.1) is 0 Å². The monoisotopic (exact) mass is 311 g/mol. The van der Waals surface area contributed by atoms with Gasteiger partial charge in [0, 0.05) is 17.2 Å². The molecule has 0 aliphatic carbocycles. The maximum absolute atomic E-state index is 6.04. The Morgan fingerprint density at radius 3 is 2.14 bits per heavy atom. The van der Waals surface area contributed by atoms with Crippen LogP contribution in [-0.4, -0.2) is 5.16 Å². The van der Waals surface area contributed by atoms with Crippen molar-refractivity contribution in [2.75, 3.05) is 0 Å². The second kappa shape index (κ2) is 4.89. The highest BCUT2D eigenvalue weighted by Crippen LogP contribution is 2.50. The van der Waals surface area contributed by atoms with Crippen LogP contribution in [0.2, 0.25) is 0 Å². The largest absolute Gasteiger partial charge is 0.457 e. The minimum atomic E-state index is -0.431. The van der Waals surface area contributed by atoms with Crippen LogP contribution in [0.25, 0.3) is 0 Å². The maximum Gasteiger partial charge on any atom is 0.151 e. The summed E-state index contributed by atoms with van der Waals surface area (Å²) in [4.78, 5) is 0. The number of aromatic nitrogens is 1. The zero-order chi connectivity index (χ0) is 15.2. The second-order valence-corrected chi connectivity index (χ2v) is 5.80. The molecule has 4 rings (SSSR count). The van der Waals surface area contributed by atoms with Gasteiger partial charge in [0.2, 0.25) is 0 Å². The summed E-state index contributed by atoms with van der Waals surface area (Å²) in [7, 11) is 0. The number of para-hydroxylation sites is 2. The van der Waals surface area contributed by atoms with Crippen molar-refractivity contribution in [3.05, 3.63) is 77.2 Å². The van der Waals surface area contributed by atoms with Crippen LogP contribution in [0.4, 0.5) is 0 Å².